The number of benzene rings is 1. The van der Waals surface area contributed by atoms with Crippen LogP contribution in [0, 0.1) is 17.1 Å². The molecule has 1 aromatic heterocycles. The van der Waals surface area contributed by atoms with Crippen molar-refractivity contribution in [2.75, 3.05) is 0 Å². The Balaban J connectivity index is 2.51. The molecule has 24 heavy (non-hydrogen) atoms. The molecule has 0 bridgehead atoms. The Morgan fingerprint density at radius 1 is 1.46 bits per heavy atom. The van der Waals surface area contributed by atoms with Crippen molar-refractivity contribution in [3.63, 3.8) is 0 Å². The van der Waals surface area contributed by atoms with E-state index in [1.54, 1.807) is 7.05 Å². The number of halogens is 1. The largest absolute Gasteiger partial charge is 0.405 e. The van der Waals surface area contributed by atoms with E-state index in [0.29, 0.717) is 6.29 Å². The lowest BCUT2D eigenvalue weighted by Crippen LogP contribution is -2.33. The predicted molar refractivity (Wildman–Crippen MR) is 83.2 cm³/mol. The molecule has 3 N–H and O–H groups in total. The number of allylic oxidation sites excluding steroid dienone is 1. The third kappa shape index (κ3) is 3.41. The average molecular weight is 326 g/mol. The first kappa shape index (κ1) is 16.8. The van der Waals surface area contributed by atoms with Crippen LogP contribution in [0.25, 0.3) is 0 Å². The normalized spacial score (nSPS) is 11.5. The second-order valence-corrected chi connectivity index (χ2v) is 4.73. The van der Waals surface area contributed by atoms with Gasteiger partial charge in [0.05, 0.1) is 11.8 Å². The van der Waals surface area contributed by atoms with Crippen LogP contribution < -0.4 is 10.4 Å². The second-order valence-electron chi connectivity index (χ2n) is 4.73. The van der Waals surface area contributed by atoms with Crippen molar-refractivity contribution < 1.29 is 18.7 Å². The number of ketones is 1. The maximum Gasteiger partial charge on any atom is 0.308 e. The molecule has 7 nitrogen and oxygen atoms in total. The van der Waals surface area contributed by atoms with Crippen LogP contribution in [-0.4, -0.2) is 22.9 Å². The van der Waals surface area contributed by atoms with Crippen molar-refractivity contribution in [3.8, 4) is 6.07 Å². The Bertz CT molecular complexity index is 906. The quantitative estimate of drug-likeness (QED) is 0.370. The fourth-order valence-corrected chi connectivity index (χ4v) is 1.97. The molecule has 0 spiro atoms. The lowest BCUT2D eigenvalue weighted by atomic mass is 10.1. The highest BCUT2D eigenvalue weighted by molar-refractivity contribution is 6.49. The van der Waals surface area contributed by atoms with Gasteiger partial charge in [0.15, 0.2) is 25.1 Å². The molecule has 0 radical (unpaired) electrons. The van der Waals surface area contributed by atoms with Crippen molar-refractivity contribution in [2.24, 2.45) is 17.8 Å². The van der Waals surface area contributed by atoms with E-state index in [4.69, 9.17) is 11.0 Å². The molecule has 0 saturated heterocycles. The summed E-state index contributed by atoms with van der Waals surface area (Å²) < 4.78 is 14.6. The van der Waals surface area contributed by atoms with Crippen molar-refractivity contribution in [1.29, 1.82) is 5.26 Å². The van der Waals surface area contributed by atoms with Gasteiger partial charge in [0.2, 0.25) is 5.78 Å². The third-order valence-electron chi connectivity index (χ3n) is 3.13. The minimum atomic E-state index is -0.589. The number of aryl methyl sites for hydroxylation is 1. The van der Waals surface area contributed by atoms with E-state index in [9.17, 15) is 14.0 Å². The van der Waals surface area contributed by atoms with E-state index in [0.717, 1.165) is 18.3 Å². The highest BCUT2D eigenvalue weighted by Gasteiger charge is 2.21. The maximum atomic E-state index is 13.2. The van der Waals surface area contributed by atoms with Gasteiger partial charge in [-0.3, -0.25) is 9.59 Å². The molecule has 0 aliphatic carbocycles. The molecule has 1 heterocycles. The van der Waals surface area contributed by atoms with Gasteiger partial charge in [-0.05, 0) is 30.5 Å². The molecule has 2 rings (SSSR count). The monoisotopic (exact) mass is 326 g/mol. The number of nitrogens with two attached hydrogens (primary N) is 1. The van der Waals surface area contributed by atoms with Crippen LogP contribution in [0.2, 0.25) is 0 Å². The van der Waals surface area contributed by atoms with Gasteiger partial charge in [0.1, 0.15) is 11.5 Å². The van der Waals surface area contributed by atoms with E-state index < -0.39 is 11.6 Å². The standard InChI is InChI=1S/C16H12FN5O2/c1-22-12(8-19)7-15(21-22)16(24)14(4-5-18)20-13-3-2-11(17)6-10(13)9-23/h2-7,9H,1H3,(H2,18,20,23)/p+1. The number of carbonyl (C=O) groups is 2. The summed E-state index contributed by atoms with van der Waals surface area (Å²) >= 11 is 0. The first-order valence-corrected chi connectivity index (χ1v) is 6.75. The van der Waals surface area contributed by atoms with Crippen molar-refractivity contribution in [2.45, 2.75) is 0 Å². The Hall–Kier alpha value is -3.60. The molecule has 0 unspecified atom stereocenters. The molecule has 0 saturated carbocycles. The zero-order valence-electron chi connectivity index (χ0n) is 12.7. The summed E-state index contributed by atoms with van der Waals surface area (Å²) in [6.07, 6.45) is 2.82. The van der Waals surface area contributed by atoms with Gasteiger partial charge in [0.25, 0.3) is 0 Å². The zero-order valence-corrected chi connectivity index (χ0v) is 12.7. The van der Waals surface area contributed by atoms with E-state index in [2.05, 4.69) is 10.1 Å². The first-order valence-electron chi connectivity index (χ1n) is 6.75. The summed E-state index contributed by atoms with van der Waals surface area (Å²) in [6, 6.07) is 6.72. The Labute approximate surface area is 136 Å². The van der Waals surface area contributed by atoms with Crippen LogP contribution in [0.15, 0.2) is 41.5 Å². The topological polar surface area (TPSA) is 116 Å². The van der Waals surface area contributed by atoms with Gasteiger partial charge in [-0.15, -0.1) is 4.68 Å². The molecule has 0 aliphatic rings. The smallest absolute Gasteiger partial charge is 0.308 e. The molecule has 0 aliphatic heterocycles. The van der Waals surface area contributed by atoms with Gasteiger partial charge < -0.3 is 5.73 Å². The Kier molecular flexibility index (Phi) is 4.96. The lowest BCUT2D eigenvalue weighted by Gasteiger charge is -2.02. The molecule has 1 aromatic carbocycles. The SMILES string of the molecule is C[n+]1[nH]c(C(=O)C(C=CN)=Nc2ccc(F)cc2C=O)cc1C#N. The molecule has 120 valence electrons. The molecule has 0 amide bonds. The molecular formula is C16H13FN5O2+. The van der Waals surface area contributed by atoms with Crippen LogP contribution in [0.5, 0.6) is 0 Å². The summed E-state index contributed by atoms with van der Waals surface area (Å²) in [5, 5.41) is 11.7. The van der Waals surface area contributed by atoms with E-state index in [-0.39, 0.29) is 28.4 Å². The fourth-order valence-electron chi connectivity index (χ4n) is 1.97. The second kappa shape index (κ2) is 7.11. The average Bonchev–Trinajstić information content (AvgIpc) is 2.96. The predicted octanol–water partition coefficient (Wildman–Crippen LogP) is 1.09. The highest BCUT2D eigenvalue weighted by atomic mass is 19.1. The van der Waals surface area contributed by atoms with Crippen LogP contribution in [0.4, 0.5) is 10.1 Å². The fraction of sp³-hybridized carbons (Fsp3) is 0.0625. The minimum Gasteiger partial charge on any atom is -0.405 e. The molecule has 0 atom stereocenters. The number of nitriles is 1. The number of aldehydes is 1. The van der Waals surface area contributed by atoms with Gasteiger partial charge in [-0.2, -0.15) is 10.4 Å². The first-order chi connectivity index (χ1) is 11.5. The highest BCUT2D eigenvalue weighted by Crippen LogP contribution is 2.19. The van der Waals surface area contributed by atoms with Crippen molar-refractivity contribution in [1.82, 2.24) is 5.10 Å². The Morgan fingerprint density at radius 3 is 2.79 bits per heavy atom. The number of rotatable bonds is 5. The van der Waals surface area contributed by atoms with E-state index in [1.807, 2.05) is 6.07 Å². The van der Waals surface area contributed by atoms with Crippen LogP contribution in [-0.2, 0) is 7.05 Å². The summed E-state index contributed by atoms with van der Waals surface area (Å²) in [7, 11) is 1.58. The summed E-state index contributed by atoms with van der Waals surface area (Å²) in [5.41, 5.74) is 5.78. The number of hydrogen-bond donors (Lipinski definition) is 2. The van der Waals surface area contributed by atoms with Gasteiger partial charge >= 0.3 is 5.69 Å². The van der Waals surface area contributed by atoms with Gasteiger partial charge in [0, 0.05) is 5.56 Å². The van der Waals surface area contributed by atoms with Gasteiger partial charge in [-0.25, -0.2) is 9.38 Å². The van der Waals surface area contributed by atoms with Crippen LogP contribution in [0.1, 0.15) is 26.5 Å². The number of Topliss-reactive ketones (excluding diaryl/α,β-unsaturated/α-hetero) is 1. The number of nitrogens with zero attached hydrogens (tertiary/aromatic N) is 3. The molecule has 0 fully saturated rings. The van der Waals surface area contributed by atoms with Crippen molar-refractivity contribution >= 4 is 23.5 Å². The number of H-pyrrole nitrogens is 1. The third-order valence-corrected chi connectivity index (χ3v) is 3.13. The number of hydrogen-bond acceptors (Lipinski definition) is 5. The summed E-state index contributed by atoms with van der Waals surface area (Å²) in [4.78, 5) is 27.7. The van der Waals surface area contributed by atoms with E-state index in [1.165, 1.54) is 22.9 Å². The number of aromatic nitrogens is 2. The molecular weight excluding hydrogens is 313 g/mol. The summed E-state index contributed by atoms with van der Waals surface area (Å²) in [5.74, 6) is -1.12. The van der Waals surface area contributed by atoms with Crippen LogP contribution in [0.3, 0.4) is 0 Å². The lowest BCUT2D eigenvalue weighted by molar-refractivity contribution is -0.729. The Morgan fingerprint density at radius 2 is 2.21 bits per heavy atom. The van der Waals surface area contributed by atoms with Crippen molar-refractivity contribution in [3.05, 3.63) is 59.3 Å². The minimum absolute atomic E-state index is 0.000441. The molecule has 2 aromatic rings. The van der Waals surface area contributed by atoms with E-state index >= 15 is 0 Å². The van der Waals surface area contributed by atoms with Crippen LogP contribution >= 0.6 is 0 Å². The zero-order chi connectivity index (χ0) is 17.7. The molecule has 8 heteroatoms. The number of carbonyl (C=O) groups excluding carboxylic acids is 2. The summed E-state index contributed by atoms with van der Waals surface area (Å²) in [6.45, 7) is 0. The number of aliphatic imine (C=N–C) groups is 1. The van der Waals surface area contributed by atoms with Gasteiger partial charge in [-0.1, -0.05) is 0 Å². The maximum absolute atomic E-state index is 13.2. The number of aromatic amines is 1. The number of nitrogens with one attached hydrogen (secondary N) is 1.